The number of nitrogen functional groups attached to an aromatic ring is 1. The summed E-state index contributed by atoms with van der Waals surface area (Å²) in [6.07, 6.45) is -15.1. The van der Waals surface area contributed by atoms with Crippen molar-refractivity contribution in [3.63, 3.8) is 0 Å². The van der Waals surface area contributed by atoms with Gasteiger partial charge in [0.25, 0.3) is 7.82 Å². The second kappa shape index (κ2) is 14.8. The molecule has 1 saturated heterocycles. The Morgan fingerprint density at radius 1 is 1.00 bits per heavy atom. The van der Waals surface area contributed by atoms with E-state index in [1.807, 2.05) is 0 Å². The van der Waals surface area contributed by atoms with Gasteiger partial charge in [0.05, 0.1) is 19.5 Å². The fraction of sp³-hybridized carbons (Fsp3) is 0.625. The van der Waals surface area contributed by atoms with Crippen molar-refractivity contribution in [3.05, 3.63) is 12.7 Å². The summed E-state index contributed by atoms with van der Waals surface area (Å²) in [5.74, 6) is -0.0672. The first kappa shape index (κ1) is 38.7. The minimum atomic E-state index is -6.40. The smallest absolute Gasteiger partial charge is 0.490 e. The number of aliphatic hydroxyl groups excluding tert-OH is 6. The fourth-order valence-electron chi connectivity index (χ4n) is 3.65. The zero-order valence-electron chi connectivity index (χ0n) is 22.3. The van der Waals surface area contributed by atoms with Gasteiger partial charge in [-0.05, 0) is 0 Å². The molecule has 30 heteroatoms. The van der Waals surface area contributed by atoms with Crippen LogP contribution in [0.2, 0.25) is 0 Å². The van der Waals surface area contributed by atoms with Crippen LogP contribution in [0.15, 0.2) is 12.7 Å². The molecule has 0 aromatic carbocycles. The highest BCUT2D eigenvalue weighted by atomic mass is 31.3. The van der Waals surface area contributed by atoms with Crippen molar-refractivity contribution in [2.75, 3.05) is 18.9 Å². The van der Waals surface area contributed by atoms with Crippen LogP contribution in [0, 0.1) is 0 Å². The number of rotatable bonds is 17. The van der Waals surface area contributed by atoms with E-state index >= 15 is 0 Å². The Bertz CT molecular complexity index is 1570. The zero-order chi connectivity index (χ0) is 34.8. The number of phosphoric ester groups is 1. The van der Waals surface area contributed by atoms with E-state index in [1.165, 1.54) is 0 Å². The van der Waals surface area contributed by atoms with E-state index in [9.17, 15) is 63.3 Å². The third kappa shape index (κ3) is 9.69. The maximum absolute atomic E-state index is 12.9. The first-order chi connectivity index (χ1) is 21.1. The lowest BCUT2D eigenvalue weighted by Gasteiger charge is -2.28. The third-order valence-electron chi connectivity index (χ3n) is 5.66. The predicted molar refractivity (Wildman–Crippen MR) is 138 cm³/mol. The van der Waals surface area contributed by atoms with Gasteiger partial charge in [-0.1, -0.05) is 0 Å². The third-order valence-corrected chi connectivity index (χ3v) is 11.5. The number of nitrogens with two attached hydrogens (primary N) is 1. The van der Waals surface area contributed by atoms with Crippen molar-refractivity contribution >= 4 is 54.6 Å². The lowest BCUT2D eigenvalue weighted by molar-refractivity contribution is -0.212. The molecular formula is C16H26N5O21P4-. The first-order valence-corrected chi connectivity index (χ1v) is 17.9. The van der Waals surface area contributed by atoms with Crippen LogP contribution < -0.4 is 10.6 Å². The Morgan fingerprint density at radius 2 is 1.65 bits per heavy atom. The normalized spacial score (nSPS) is 28.3. The molecule has 2 aromatic heterocycles. The molecule has 0 bridgehead atoms. The minimum Gasteiger partial charge on any atom is -0.756 e. The number of aromatic nitrogens is 4. The maximum Gasteiger partial charge on any atom is 0.490 e. The van der Waals surface area contributed by atoms with Gasteiger partial charge in [-0.15, -0.1) is 0 Å². The van der Waals surface area contributed by atoms with Crippen LogP contribution in [0.5, 0.6) is 0 Å². The first-order valence-electron chi connectivity index (χ1n) is 11.9. The number of hydrogen-bond acceptors (Lipinski definition) is 22. The van der Waals surface area contributed by atoms with Crippen molar-refractivity contribution in [1.82, 2.24) is 19.5 Å². The highest BCUT2D eigenvalue weighted by molar-refractivity contribution is 7.69. The van der Waals surface area contributed by atoms with E-state index in [2.05, 4.69) is 36.9 Å². The average molecular weight is 748 g/mol. The second-order valence-electron chi connectivity index (χ2n) is 8.96. The second-order valence-corrected chi connectivity index (χ2v) is 15.1. The number of imidazole rings is 1. The highest BCUT2D eigenvalue weighted by Crippen LogP contribution is 2.72. The van der Waals surface area contributed by atoms with E-state index in [-0.39, 0.29) is 17.0 Å². The number of anilines is 1. The summed E-state index contributed by atoms with van der Waals surface area (Å²) >= 11 is 0. The highest BCUT2D eigenvalue weighted by Gasteiger charge is 2.50. The molecule has 1 aliphatic rings. The molecule has 1 fully saturated rings. The molecule has 0 aliphatic carbocycles. The summed E-state index contributed by atoms with van der Waals surface area (Å²) < 4.78 is 75.4. The number of fused-ring (bicyclic) bond motifs is 1. The Hall–Kier alpha value is -1.70. The Morgan fingerprint density at radius 3 is 2.24 bits per heavy atom. The molecule has 2 aromatic rings. The van der Waals surface area contributed by atoms with Crippen LogP contribution in [0.25, 0.3) is 11.2 Å². The number of ether oxygens (including phenoxy) is 1. The Labute approximate surface area is 255 Å². The van der Waals surface area contributed by atoms with Gasteiger partial charge in [0.1, 0.15) is 48.5 Å². The number of aliphatic hydroxyl groups is 6. The summed E-state index contributed by atoms with van der Waals surface area (Å²) in [4.78, 5) is 62.7. The van der Waals surface area contributed by atoms with E-state index in [0.717, 1.165) is 17.2 Å². The molecule has 11 N–H and O–H groups in total. The van der Waals surface area contributed by atoms with Crippen LogP contribution in [-0.2, 0) is 49.8 Å². The summed E-state index contributed by atoms with van der Waals surface area (Å²) in [5, 5.41) is 58.5. The standard InChI is InChI=1S/C16H27N5O21P4/c17-14-9-15(19-4-18-14)21(5-20-9)16-13(28)12(27)8(38-16)3-37-46(36,40-43(29,30)31)42-45(34,35)41-44(32,33)39-7(2-23)11(26)10(25)6(24)1-22/h2,4-8,10-13,16,22,24-28H,1,3H2,(H,32,33)(H,34,35)(H2,17,18,19)(H2,29,30,31)/p-1/t6-,7+,8-,10-,11-,12-,13-,16-,46?/m1/s1. The van der Waals surface area contributed by atoms with Gasteiger partial charge in [-0.25, -0.2) is 33.0 Å². The van der Waals surface area contributed by atoms with Crippen LogP contribution in [0.1, 0.15) is 6.23 Å². The van der Waals surface area contributed by atoms with Crippen LogP contribution in [-0.4, -0.2) is 127 Å². The molecule has 46 heavy (non-hydrogen) atoms. The Kier molecular flexibility index (Phi) is 12.5. The van der Waals surface area contributed by atoms with Crippen molar-refractivity contribution in [2.45, 2.75) is 49.0 Å². The van der Waals surface area contributed by atoms with Gasteiger partial charge in [0.2, 0.25) is 0 Å². The van der Waals surface area contributed by atoms with Crippen molar-refractivity contribution in [1.29, 1.82) is 0 Å². The lowest BCUT2D eigenvalue weighted by atomic mass is 10.0. The van der Waals surface area contributed by atoms with Gasteiger partial charge in [0, 0.05) is 0 Å². The van der Waals surface area contributed by atoms with Crippen LogP contribution in [0.4, 0.5) is 5.82 Å². The molecule has 1 aliphatic heterocycles. The van der Waals surface area contributed by atoms with Crippen molar-refractivity contribution < 1.29 is 100.0 Å². The van der Waals surface area contributed by atoms with E-state index in [1.54, 1.807) is 0 Å². The number of nitrogens with zero attached hydrogens (tertiary/aromatic N) is 4. The quantitative estimate of drug-likeness (QED) is 0.0538. The van der Waals surface area contributed by atoms with E-state index in [0.29, 0.717) is 0 Å². The average Bonchev–Trinajstić information content (AvgIpc) is 3.48. The van der Waals surface area contributed by atoms with E-state index < -0.39 is 99.7 Å². The fourth-order valence-corrected chi connectivity index (χ4v) is 8.83. The predicted octanol–water partition coefficient (Wildman–Crippen LogP) is -4.48. The maximum atomic E-state index is 12.9. The van der Waals surface area contributed by atoms with Crippen LogP contribution >= 0.6 is 31.3 Å². The molecule has 262 valence electrons. The number of phosphoric acid groups is 4. The summed E-state index contributed by atoms with van der Waals surface area (Å²) in [6.45, 7) is -2.50. The number of carbonyl (C=O) groups is 1. The van der Waals surface area contributed by atoms with Gasteiger partial charge in [-0.3, -0.25) is 18.2 Å². The molecule has 3 rings (SSSR count). The molecule has 12 atom stereocenters. The number of carbonyl (C=O) groups excluding carboxylic acids is 1. The lowest BCUT2D eigenvalue weighted by Crippen LogP contribution is -2.47. The monoisotopic (exact) mass is 748 g/mol. The summed E-state index contributed by atoms with van der Waals surface area (Å²) in [6, 6.07) is 0. The van der Waals surface area contributed by atoms with Gasteiger partial charge >= 0.3 is 23.5 Å². The number of aldehydes is 1. The number of hydrogen-bond donors (Lipinski definition) is 10. The zero-order valence-corrected chi connectivity index (χ0v) is 25.9. The van der Waals surface area contributed by atoms with Crippen molar-refractivity contribution in [3.8, 4) is 0 Å². The van der Waals surface area contributed by atoms with E-state index in [4.69, 9.17) is 20.5 Å². The molecule has 3 heterocycles. The minimum absolute atomic E-state index is 0.00710. The van der Waals surface area contributed by atoms with Crippen LogP contribution in [0.3, 0.4) is 0 Å². The Balaban J connectivity index is 1.75. The molecule has 0 amide bonds. The molecule has 0 spiro atoms. The molecule has 26 nitrogen and oxygen atoms in total. The largest absolute Gasteiger partial charge is 0.756 e. The SMILES string of the molecule is Nc1ncnc2c1ncn2[C@@H]1O[C@H](COP(=O)(OP(=O)([O-])O)OP(=O)(O)OP(=O)(O)O[C@@H](C=O)[C@@H](O)[C@H](O)[C@H](O)CO)[C@@H](O)[C@H]1O. The molecule has 0 saturated carbocycles. The molecular weight excluding hydrogens is 722 g/mol. The topological polar surface area (TPSA) is 415 Å². The summed E-state index contributed by atoms with van der Waals surface area (Å²) in [7, 11) is -24.9. The molecule has 4 unspecified atom stereocenters. The summed E-state index contributed by atoms with van der Waals surface area (Å²) in [5.41, 5.74) is 5.75. The van der Waals surface area contributed by atoms with Gasteiger partial charge in [-0.2, -0.15) is 8.62 Å². The van der Waals surface area contributed by atoms with Crippen molar-refractivity contribution in [2.24, 2.45) is 0 Å². The molecule has 0 radical (unpaired) electrons. The van der Waals surface area contributed by atoms with Gasteiger partial charge < -0.3 is 65.5 Å². The van der Waals surface area contributed by atoms with Gasteiger partial charge in [0.15, 0.2) is 30.1 Å².